The molecule has 5 rings (SSSR count). The van der Waals surface area contributed by atoms with E-state index >= 15 is 0 Å². The van der Waals surface area contributed by atoms with Gasteiger partial charge in [-0.25, -0.2) is 9.97 Å². The standard InChI is InChI=1S/C24H25N5/c1-3-7-19(8-4-1)22-23(20-9-5-2-6-10-20)28-24(27-22)29-13-11-18(12-14-29)15-21-16-25-17-26-21/h1-10,16-18H,11-15H2,(H,25,26)(H,27,28). The second-order valence-electron chi connectivity index (χ2n) is 7.73. The number of nitrogens with one attached hydrogen (secondary N) is 2. The van der Waals surface area contributed by atoms with E-state index in [0.29, 0.717) is 5.92 Å². The number of imidazole rings is 2. The molecule has 0 spiro atoms. The van der Waals surface area contributed by atoms with Crippen LogP contribution in [0.5, 0.6) is 0 Å². The fraction of sp³-hybridized carbons (Fsp3) is 0.250. The van der Waals surface area contributed by atoms with Crippen LogP contribution in [0.25, 0.3) is 22.5 Å². The van der Waals surface area contributed by atoms with Gasteiger partial charge in [0.05, 0.1) is 17.7 Å². The molecule has 1 aliphatic heterocycles. The van der Waals surface area contributed by atoms with Crippen LogP contribution >= 0.6 is 0 Å². The van der Waals surface area contributed by atoms with Gasteiger partial charge in [-0.1, -0.05) is 60.7 Å². The summed E-state index contributed by atoms with van der Waals surface area (Å²) >= 11 is 0. The van der Waals surface area contributed by atoms with E-state index in [9.17, 15) is 0 Å². The van der Waals surface area contributed by atoms with Crippen LogP contribution in [0, 0.1) is 5.92 Å². The lowest BCUT2D eigenvalue weighted by Gasteiger charge is -2.31. The van der Waals surface area contributed by atoms with Crippen LogP contribution in [0.3, 0.4) is 0 Å². The van der Waals surface area contributed by atoms with Crippen LogP contribution in [-0.4, -0.2) is 33.0 Å². The fourth-order valence-corrected chi connectivity index (χ4v) is 4.19. The maximum Gasteiger partial charge on any atom is 0.203 e. The number of rotatable bonds is 5. The Balaban J connectivity index is 1.39. The van der Waals surface area contributed by atoms with Gasteiger partial charge in [-0.3, -0.25) is 0 Å². The number of H-pyrrole nitrogens is 2. The quantitative estimate of drug-likeness (QED) is 0.514. The fourth-order valence-electron chi connectivity index (χ4n) is 4.19. The minimum absolute atomic E-state index is 0.698. The summed E-state index contributed by atoms with van der Waals surface area (Å²) in [6.45, 7) is 2.05. The van der Waals surface area contributed by atoms with Crippen molar-refractivity contribution in [1.82, 2.24) is 19.9 Å². The van der Waals surface area contributed by atoms with Crippen LogP contribution in [0.1, 0.15) is 18.5 Å². The Bertz CT molecular complexity index is 973. The second kappa shape index (κ2) is 7.95. The molecule has 5 nitrogen and oxygen atoms in total. The first kappa shape index (κ1) is 17.7. The molecule has 5 heteroatoms. The third-order valence-electron chi connectivity index (χ3n) is 5.78. The molecule has 0 bridgehead atoms. The molecule has 0 saturated carbocycles. The SMILES string of the molecule is c1ccc(-c2nc(N3CCC(Cc4cnc[nH]4)CC3)[nH]c2-c2ccccc2)cc1. The van der Waals surface area contributed by atoms with E-state index < -0.39 is 0 Å². The molecule has 0 unspecified atom stereocenters. The lowest BCUT2D eigenvalue weighted by Crippen LogP contribution is -2.35. The molecule has 1 fully saturated rings. The van der Waals surface area contributed by atoms with Gasteiger partial charge >= 0.3 is 0 Å². The van der Waals surface area contributed by atoms with Gasteiger partial charge in [0, 0.05) is 36.1 Å². The summed E-state index contributed by atoms with van der Waals surface area (Å²) in [4.78, 5) is 18.4. The molecule has 4 aromatic rings. The normalized spacial score (nSPS) is 15.0. The van der Waals surface area contributed by atoms with Crippen LogP contribution in [0.15, 0.2) is 73.2 Å². The van der Waals surface area contributed by atoms with Crippen molar-refractivity contribution in [2.75, 3.05) is 18.0 Å². The average Bonchev–Trinajstić information content (AvgIpc) is 3.46. The monoisotopic (exact) mass is 383 g/mol. The van der Waals surface area contributed by atoms with E-state index in [1.165, 1.54) is 24.1 Å². The maximum absolute atomic E-state index is 5.04. The predicted octanol–water partition coefficient (Wildman–Crippen LogP) is 4.93. The zero-order valence-electron chi connectivity index (χ0n) is 16.4. The molecule has 29 heavy (non-hydrogen) atoms. The summed E-state index contributed by atoms with van der Waals surface area (Å²) in [5.74, 6) is 1.67. The first-order valence-corrected chi connectivity index (χ1v) is 10.3. The molecule has 0 radical (unpaired) electrons. The van der Waals surface area contributed by atoms with Gasteiger partial charge in [-0.05, 0) is 25.2 Å². The van der Waals surface area contributed by atoms with E-state index in [-0.39, 0.29) is 0 Å². The van der Waals surface area contributed by atoms with E-state index in [1.807, 2.05) is 18.3 Å². The Morgan fingerprint density at radius 2 is 1.59 bits per heavy atom. The van der Waals surface area contributed by atoms with Gasteiger partial charge in [0.25, 0.3) is 0 Å². The molecule has 1 aliphatic rings. The van der Waals surface area contributed by atoms with E-state index in [1.54, 1.807) is 6.33 Å². The summed E-state index contributed by atoms with van der Waals surface area (Å²) in [5.41, 5.74) is 5.65. The Labute approximate surface area is 170 Å². The zero-order valence-corrected chi connectivity index (χ0v) is 16.4. The second-order valence-corrected chi connectivity index (χ2v) is 7.73. The molecule has 3 heterocycles. The predicted molar refractivity (Wildman–Crippen MR) is 117 cm³/mol. The highest BCUT2D eigenvalue weighted by atomic mass is 15.3. The topological polar surface area (TPSA) is 60.6 Å². The van der Waals surface area contributed by atoms with Crippen molar-refractivity contribution in [1.29, 1.82) is 0 Å². The van der Waals surface area contributed by atoms with Crippen molar-refractivity contribution < 1.29 is 0 Å². The molecule has 1 saturated heterocycles. The van der Waals surface area contributed by atoms with Crippen molar-refractivity contribution in [3.05, 3.63) is 78.9 Å². The Hall–Kier alpha value is -3.34. The number of aromatic amines is 2. The highest BCUT2D eigenvalue weighted by Crippen LogP contribution is 2.33. The minimum Gasteiger partial charge on any atom is -0.348 e. The highest BCUT2D eigenvalue weighted by Gasteiger charge is 2.23. The van der Waals surface area contributed by atoms with E-state index in [0.717, 1.165) is 42.4 Å². The van der Waals surface area contributed by atoms with Crippen LogP contribution in [0.2, 0.25) is 0 Å². The molecule has 2 aromatic heterocycles. The number of aromatic nitrogens is 4. The molecule has 2 N–H and O–H groups in total. The van der Waals surface area contributed by atoms with E-state index in [2.05, 4.69) is 68.4 Å². The van der Waals surface area contributed by atoms with Gasteiger partial charge in [-0.2, -0.15) is 0 Å². The largest absolute Gasteiger partial charge is 0.348 e. The molecule has 0 aliphatic carbocycles. The summed E-state index contributed by atoms with van der Waals surface area (Å²) in [7, 11) is 0. The molecular formula is C24H25N5. The van der Waals surface area contributed by atoms with Crippen LogP contribution < -0.4 is 4.90 Å². The van der Waals surface area contributed by atoms with E-state index in [4.69, 9.17) is 4.98 Å². The smallest absolute Gasteiger partial charge is 0.203 e. The van der Waals surface area contributed by atoms with Crippen LogP contribution in [-0.2, 0) is 6.42 Å². The van der Waals surface area contributed by atoms with Gasteiger partial charge < -0.3 is 14.9 Å². The Kier molecular flexibility index (Phi) is 4.87. The van der Waals surface area contributed by atoms with Gasteiger partial charge in [0.1, 0.15) is 0 Å². The third-order valence-corrected chi connectivity index (χ3v) is 5.78. The van der Waals surface area contributed by atoms with Crippen molar-refractivity contribution in [2.24, 2.45) is 5.92 Å². The van der Waals surface area contributed by atoms with Crippen LogP contribution in [0.4, 0.5) is 5.95 Å². The summed E-state index contributed by atoms with van der Waals surface area (Å²) in [5, 5.41) is 0. The minimum atomic E-state index is 0.698. The average molecular weight is 383 g/mol. The maximum atomic E-state index is 5.04. The van der Waals surface area contributed by atoms with Crippen molar-refractivity contribution in [3.8, 4) is 22.5 Å². The van der Waals surface area contributed by atoms with Gasteiger partial charge in [0.15, 0.2) is 0 Å². The number of hydrogen-bond donors (Lipinski definition) is 2. The van der Waals surface area contributed by atoms with Crippen molar-refractivity contribution >= 4 is 5.95 Å². The first-order valence-electron chi connectivity index (χ1n) is 10.3. The van der Waals surface area contributed by atoms with Crippen molar-refractivity contribution in [3.63, 3.8) is 0 Å². The van der Waals surface area contributed by atoms with Crippen molar-refractivity contribution in [2.45, 2.75) is 19.3 Å². The lowest BCUT2D eigenvalue weighted by atomic mass is 9.92. The van der Waals surface area contributed by atoms with Gasteiger partial charge in [-0.15, -0.1) is 0 Å². The molecule has 2 aromatic carbocycles. The molecule has 0 amide bonds. The number of nitrogens with zero attached hydrogens (tertiary/aromatic N) is 3. The zero-order chi connectivity index (χ0) is 19.5. The molecule has 0 atom stereocenters. The third kappa shape index (κ3) is 3.81. The first-order chi connectivity index (χ1) is 14.4. The number of piperidine rings is 1. The molecular weight excluding hydrogens is 358 g/mol. The highest BCUT2D eigenvalue weighted by molar-refractivity contribution is 5.80. The number of anilines is 1. The lowest BCUT2D eigenvalue weighted by molar-refractivity contribution is 0.398. The van der Waals surface area contributed by atoms with Gasteiger partial charge in [0.2, 0.25) is 5.95 Å². The Morgan fingerprint density at radius 1 is 0.897 bits per heavy atom. The summed E-state index contributed by atoms with van der Waals surface area (Å²) in [6.07, 6.45) is 7.12. The summed E-state index contributed by atoms with van der Waals surface area (Å²) < 4.78 is 0. The molecule has 146 valence electrons. The Morgan fingerprint density at radius 3 is 2.24 bits per heavy atom. The number of benzene rings is 2. The summed E-state index contributed by atoms with van der Waals surface area (Å²) in [6, 6.07) is 20.9. The number of hydrogen-bond acceptors (Lipinski definition) is 3.